The molecule has 1 amide bonds. The minimum Gasteiger partial charge on any atom is -0.481 e. The number of hydrogen-bond donors (Lipinski definition) is 1. The average molecular weight is 321 g/mol. The lowest BCUT2D eigenvalue weighted by atomic mass is 9.89. The Kier molecular flexibility index (Phi) is 3.60. The maximum absolute atomic E-state index is 13.0. The summed E-state index contributed by atoms with van der Waals surface area (Å²) in [6, 6.07) is 13.3. The van der Waals surface area contributed by atoms with Crippen molar-refractivity contribution in [1.29, 1.82) is 0 Å². The van der Waals surface area contributed by atoms with Crippen molar-refractivity contribution in [2.45, 2.75) is 31.6 Å². The molecule has 0 saturated heterocycles. The molecule has 2 aromatic rings. The standard InChI is InChI=1S/C20H19NO3/c22-19(15-9-8-13-4-3-5-14(13)12-15)21-11-10-17(20(23)24)16-6-1-2-7-18(16)21/h1-2,6-9,12,17H,3-5,10-11H2,(H,23,24). The van der Waals surface area contributed by atoms with Gasteiger partial charge < -0.3 is 10.0 Å². The highest BCUT2D eigenvalue weighted by molar-refractivity contribution is 6.07. The third-order valence-corrected chi connectivity index (χ3v) is 5.13. The van der Waals surface area contributed by atoms with Crippen LogP contribution in [0, 0.1) is 0 Å². The van der Waals surface area contributed by atoms with Crippen LogP contribution in [0.4, 0.5) is 5.69 Å². The molecule has 0 aromatic heterocycles. The number of para-hydroxylation sites is 1. The Hall–Kier alpha value is -2.62. The molecule has 4 heteroatoms. The number of carboxylic acids is 1. The number of rotatable bonds is 2. The molecule has 2 aromatic carbocycles. The highest BCUT2D eigenvalue weighted by atomic mass is 16.4. The van der Waals surface area contributed by atoms with Gasteiger partial charge in [0.05, 0.1) is 5.92 Å². The Balaban J connectivity index is 1.70. The van der Waals surface area contributed by atoms with E-state index in [1.54, 1.807) is 4.90 Å². The number of aryl methyl sites for hydroxylation is 2. The van der Waals surface area contributed by atoms with E-state index in [1.807, 2.05) is 36.4 Å². The van der Waals surface area contributed by atoms with Gasteiger partial charge in [-0.15, -0.1) is 0 Å². The van der Waals surface area contributed by atoms with Gasteiger partial charge in [0.1, 0.15) is 0 Å². The van der Waals surface area contributed by atoms with Crippen LogP contribution in [0.25, 0.3) is 0 Å². The van der Waals surface area contributed by atoms with Crippen molar-refractivity contribution in [2.75, 3.05) is 11.4 Å². The first kappa shape index (κ1) is 14.9. The summed E-state index contributed by atoms with van der Waals surface area (Å²) in [5.41, 5.74) is 4.76. The number of anilines is 1. The maximum Gasteiger partial charge on any atom is 0.311 e. The Morgan fingerprint density at radius 3 is 2.67 bits per heavy atom. The van der Waals surface area contributed by atoms with E-state index in [2.05, 4.69) is 6.07 Å². The quantitative estimate of drug-likeness (QED) is 0.922. The van der Waals surface area contributed by atoms with Crippen LogP contribution in [0.15, 0.2) is 42.5 Å². The summed E-state index contributed by atoms with van der Waals surface area (Å²) in [5, 5.41) is 9.43. The zero-order valence-corrected chi connectivity index (χ0v) is 13.4. The molecule has 1 N–H and O–H groups in total. The number of benzene rings is 2. The van der Waals surface area contributed by atoms with Gasteiger partial charge in [-0.25, -0.2) is 0 Å². The van der Waals surface area contributed by atoms with Crippen molar-refractivity contribution >= 4 is 17.6 Å². The van der Waals surface area contributed by atoms with Gasteiger partial charge in [-0.05, 0) is 60.6 Å². The van der Waals surface area contributed by atoms with Crippen molar-refractivity contribution in [1.82, 2.24) is 0 Å². The van der Waals surface area contributed by atoms with E-state index in [-0.39, 0.29) is 5.91 Å². The van der Waals surface area contributed by atoms with E-state index in [0.29, 0.717) is 18.5 Å². The summed E-state index contributed by atoms with van der Waals surface area (Å²) < 4.78 is 0. The largest absolute Gasteiger partial charge is 0.481 e. The molecule has 122 valence electrons. The molecule has 1 unspecified atom stereocenters. The van der Waals surface area contributed by atoms with E-state index >= 15 is 0 Å². The average Bonchev–Trinajstić information content (AvgIpc) is 3.07. The SMILES string of the molecule is O=C(O)C1CCN(C(=O)c2ccc3c(c2)CCC3)c2ccccc21. The number of carbonyl (C=O) groups is 2. The maximum atomic E-state index is 13.0. The number of nitrogens with zero attached hydrogens (tertiary/aromatic N) is 1. The third kappa shape index (κ3) is 2.39. The molecule has 24 heavy (non-hydrogen) atoms. The first-order chi connectivity index (χ1) is 11.6. The van der Waals surface area contributed by atoms with Crippen molar-refractivity contribution in [2.24, 2.45) is 0 Å². The van der Waals surface area contributed by atoms with Crippen molar-refractivity contribution in [3.63, 3.8) is 0 Å². The zero-order chi connectivity index (χ0) is 16.7. The van der Waals surface area contributed by atoms with Crippen LogP contribution >= 0.6 is 0 Å². The highest BCUT2D eigenvalue weighted by Gasteiger charge is 2.32. The molecule has 0 fully saturated rings. The van der Waals surface area contributed by atoms with Gasteiger partial charge in [-0.3, -0.25) is 9.59 Å². The lowest BCUT2D eigenvalue weighted by molar-refractivity contribution is -0.139. The van der Waals surface area contributed by atoms with E-state index in [1.165, 1.54) is 11.1 Å². The van der Waals surface area contributed by atoms with Crippen LogP contribution in [0.2, 0.25) is 0 Å². The van der Waals surface area contributed by atoms with Gasteiger partial charge in [0.15, 0.2) is 0 Å². The van der Waals surface area contributed by atoms with Crippen molar-refractivity contribution in [3.05, 3.63) is 64.7 Å². The molecule has 0 radical (unpaired) electrons. The Morgan fingerprint density at radius 1 is 1.04 bits per heavy atom. The summed E-state index contributed by atoms with van der Waals surface area (Å²) in [6.45, 7) is 0.434. The van der Waals surface area contributed by atoms with Crippen molar-refractivity contribution in [3.8, 4) is 0 Å². The first-order valence-electron chi connectivity index (χ1n) is 8.40. The first-order valence-corrected chi connectivity index (χ1v) is 8.40. The normalized spacial score (nSPS) is 18.8. The van der Waals surface area contributed by atoms with Crippen LogP contribution in [0.5, 0.6) is 0 Å². The number of fused-ring (bicyclic) bond motifs is 2. The predicted octanol–water partition coefficient (Wildman–Crippen LogP) is 3.39. The molecule has 0 spiro atoms. The van der Waals surface area contributed by atoms with Crippen LogP contribution in [0.1, 0.15) is 45.8 Å². The molecule has 2 aliphatic rings. The van der Waals surface area contributed by atoms with E-state index in [9.17, 15) is 14.7 Å². The summed E-state index contributed by atoms with van der Waals surface area (Å²) in [5.74, 6) is -1.40. The Morgan fingerprint density at radius 2 is 1.83 bits per heavy atom. The summed E-state index contributed by atoms with van der Waals surface area (Å²) in [7, 11) is 0. The molecule has 1 atom stereocenters. The lowest BCUT2D eigenvalue weighted by Crippen LogP contribution is -2.38. The molecule has 0 bridgehead atoms. The molecule has 1 aliphatic heterocycles. The van der Waals surface area contributed by atoms with Gasteiger partial charge in [0, 0.05) is 17.8 Å². The molecular weight excluding hydrogens is 302 g/mol. The number of aliphatic carboxylic acids is 1. The van der Waals surface area contributed by atoms with Crippen LogP contribution in [-0.2, 0) is 17.6 Å². The lowest BCUT2D eigenvalue weighted by Gasteiger charge is -2.32. The number of hydrogen-bond acceptors (Lipinski definition) is 2. The van der Waals surface area contributed by atoms with Gasteiger partial charge >= 0.3 is 5.97 Å². The molecule has 4 rings (SSSR count). The van der Waals surface area contributed by atoms with Crippen LogP contribution < -0.4 is 4.90 Å². The fourth-order valence-corrected chi connectivity index (χ4v) is 3.89. The molecular formula is C20H19NO3. The topological polar surface area (TPSA) is 57.6 Å². The van der Waals surface area contributed by atoms with Gasteiger partial charge in [0.25, 0.3) is 5.91 Å². The summed E-state index contributed by atoms with van der Waals surface area (Å²) >= 11 is 0. The molecule has 1 aliphatic carbocycles. The fourth-order valence-electron chi connectivity index (χ4n) is 3.89. The van der Waals surface area contributed by atoms with Crippen LogP contribution in [0.3, 0.4) is 0 Å². The third-order valence-electron chi connectivity index (χ3n) is 5.13. The zero-order valence-electron chi connectivity index (χ0n) is 13.4. The van der Waals surface area contributed by atoms with E-state index in [4.69, 9.17) is 0 Å². The Bertz CT molecular complexity index is 827. The highest BCUT2D eigenvalue weighted by Crippen LogP contribution is 2.36. The monoisotopic (exact) mass is 321 g/mol. The van der Waals surface area contributed by atoms with Crippen LogP contribution in [-0.4, -0.2) is 23.5 Å². The van der Waals surface area contributed by atoms with Gasteiger partial charge in [-0.1, -0.05) is 24.3 Å². The second-order valence-corrected chi connectivity index (χ2v) is 6.53. The fraction of sp³-hybridized carbons (Fsp3) is 0.300. The number of amides is 1. The molecule has 1 heterocycles. The summed E-state index contributed by atoms with van der Waals surface area (Å²) in [4.78, 5) is 26.2. The van der Waals surface area contributed by atoms with Crippen molar-refractivity contribution < 1.29 is 14.7 Å². The second-order valence-electron chi connectivity index (χ2n) is 6.53. The van der Waals surface area contributed by atoms with E-state index < -0.39 is 11.9 Å². The minimum absolute atomic E-state index is 0.0408. The minimum atomic E-state index is -0.827. The molecule has 4 nitrogen and oxygen atoms in total. The van der Waals surface area contributed by atoms with Gasteiger partial charge in [-0.2, -0.15) is 0 Å². The summed E-state index contributed by atoms with van der Waals surface area (Å²) in [6.07, 6.45) is 3.73. The molecule has 0 saturated carbocycles. The second kappa shape index (κ2) is 5.78. The predicted molar refractivity (Wildman–Crippen MR) is 91.6 cm³/mol. The van der Waals surface area contributed by atoms with E-state index in [0.717, 1.165) is 30.5 Å². The van der Waals surface area contributed by atoms with Gasteiger partial charge in [0.2, 0.25) is 0 Å². The number of carbonyl (C=O) groups excluding carboxylic acids is 1. The smallest absolute Gasteiger partial charge is 0.311 e. The number of carboxylic acid groups (broad SMARTS) is 1. The Labute approximate surface area is 140 Å².